The molecule has 2 aliphatic rings. The zero-order valence-electron chi connectivity index (χ0n) is 10.5. The Morgan fingerprint density at radius 2 is 2.05 bits per heavy atom. The van der Waals surface area contributed by atoms with Crippen LogP contribution in [-0.4, -0.2) is 76.3 Å². The smallest absolute Gasteiger partial charge is 0.327 e. The average Bonchev–Trinajstić information content (AvgIpc) is 2.90. The molecule has 0 aromatic heterocycles. The number of amides is 4. The van der Waals surface area contributed by atoms with Crippen molar-refractivity contribution >= 4 is 23.8 Å². The number of carboxylic acids is 1. The lowest BCUT2D eigenvalue weighted by atomic mass is 10.2. The van der Waals surface area contributed by atoms with Crippen LogP contribution in [-0.2, 0) is 14.4 Å². The minimum atomic E-state index is -1.05. The van der Waals surface area contributed by atoms with Gasteiger partial charge in [-0.3, -0.25) is 14.5 Å². The van der Waals surface area contributed by atoms with E-state index in [1.54, 1.807) is 0 Å². The van der Waals surface area contributed by atoms with Gasteiger partial charge in [0, 0.05) is 13.6 Å². The molecule has 1 atom stereocenters. The fraction of sp³-hybridized carbons (Fsp3) is 0.636. The zero-order chi connectivity index (χ0) is 14.2. The van der Waals surface area contributed by atoms with Gasteiger partial charge in [-0.25, -0.2) is 9.59 Å². The van der Waals surface area contributed by atoms with Gasteiger partial charge in [-0.15, -0.1) is 0 Å². The van der Waals surface area contributed by atoms with Gasteiger partial charge in [0.2, 0.25) is 5.91 Å². The van der Waals surface area contributed by atoms with Crippen molar-refractivity contribution in [2.75, 3.05) is 26.7 Å². The van der Waals surface area contributed by atoms with Crippen LogP contribution in [0.25, 0.3) is 0 Å². The monoisotopic (exact) mass is 269 g/mol. The predicted molar refractivity (Wildman–Crippen MR) is 62.1 cm³/mol. The van der Waals surface area contributed by atoms with E-state index in [1.165, 1.54) is 16.8 Å². The summed E-state index contributed by atoms with van der Waals surface area (Å²) in [5.74, 6) is -1.99. The lowest BCUT2D eigenvalue weighted by Crippen LogP contribution is -2.47. The quantitative estimate of drug-likeness (QED) is 0.660. The lowest BCUT2D eigenvalue weighted by Gasteiger charge is -2.23. The Morgan fingerprint density at radius 3 is 2.58 bits per heavy atom. The highest BCUT2D eigenvalue weighted by Crippen LogP contribution is 2.18. The third-order valence-corrected chi connectivity index (χ3v) is 3.38. The zero-order valence-corrected chi connectivity index (χ0v) is 10.5. The van der Waals surface area contributed by atoms with Gasteiger partial charge >= 0.3 is 12.0 Å². The Balaban J connectivity index is 2.03. The topological polar surface area (TPSA) is 98.2 Å². The van der Waals surface area contributed by atoms with Crippen molar-refractivity contribution in [1.82, 2.24) is 14.7 Å². The second-order valence-corrected chi connectivity index (χ2v) is 4.70. The summed E-state index contributed by atoms with van der Waals surface area (Å²) in [7, 11) is 1.47. The van der Waals surface area contributed by atoms with Gasteiger partial charge in [0.25, 0.3) is 5.91 Å². The molecular weight excluding hydrogens is 254 g/mol. The van der Waals surface area contributed by atoms with Crippen LogP contribution in [0.1, 0.15) is 12.8 Å². The summed E-state index contributed by atoms with van der Waals surface area (Å²) in [6, 6.07) is -1.37. The molecule has 0 saturated carbocycles. The number of likely N-dealkylation sites (N-methyl/N-ethyl adjacent to an activating group) is 1. The molecule has 2 heterocycles. The van der Waals surface area contributed by atoms with Crippen molar-refractivity contribution in [3.05, 3.63) is 0 Å². The summed E-state index contributed by atoms with van der Waals surface area (Å²) < 4.78 is 0. The molecule has 0 aliphatic carbocycles. The summed E-state index contributed by atoms with van der Waals surface area (Å²) in [4.78, 5) is 49.5. The van der Waals surface area contributed by atoms with Crippen LogP contribution in [0.5, 0.6) is 0 Å². The molecule has 0 radical (unpaired) electrons. The molecule has 2 saturated heterocycles. The van der Waals surface area contributed by atoms with Gasteiger partial charge in [0.15, 0.2) is 0 Å². The summed E-state index contributed by atoms with van der Waals surface area (Å²) in [6.45, 7) is -0.0812. The van der Waals surface area contributed by atoms with Crippen LogP contribution in [0.3, 0.4) is 0 Å². The Labute approximate surface area is 109 Å². The fourth-order valence-corrected chi connectivity index (χ4v) is 2.37. The second-order valence-electron chi connectivity index (χ2n) is 4.70. The van der Waals surface area contributed by atoms with Crippen molar-refractivity contribution in [1.29, 1.82) is 0 Å². The van der Waals surface area contributed by atoms with Crippen molar-refractivity contribution < 1.29 is 24.3 Å². The molecule has 8 heteroatoms. The lowest BCUT2D eigenvalue weighted by molar-refractivity contribution is -0.148. The van der Waals surface area contributed by atoms with Gasteiger partial charge in [-0.05, 0) is 12.8 Å². The number of hydrogen-bond donors (Lipinski definition) is 1. The normalized spacial score (nSPS) is 23.4. The number of carbonyl (C=O) groups is 4. The van der Waals surface area contributed by atoms with Gasteiger partial charge in [0.05, 0.1) is 0 Å². The molecule has 4 amide bonds. The van der Waals surface area contributed by atoms with Crippen LogP contribution in [0.15, 0.2) is 0 Å². The van der Waals surface area contributed by atoms with Crippen LogP contribution in [0.4, 0.5) is 4.79 Å². The van der Waals surface area contributed by atoms with Gasteiger partial charge in [-0.2, -0.15) is 0 Å². The number of nitrogens with zero attached hydrogens (tertiary/aromatic N) is 3. The Hall–Kier alpha value is -2.12. The van der Waals surface area contributed by atoms with E-state index in [9.17, 15) is 19.2 Å². The first-order valence-corrected chi connectivity index (χ1v) is 5.99. The number of carbonyl (C=O) groups excluding carboxylic acids is 3. The highest BCUT2D eigenvalue weighted by Gasteiger charge is 2.39. The number of imide groups is 1. The number of rotatable bonds is 3. The van der Waals surface area contributed by atoms with E-state index < -0.39 is 29.9 Å². The van der Waals surface area contributed by atoms with Crippen LogP contribution in [0, 0.1) is 0 Å². The van der Waals surface area contributed by atoms with Crippen molar-refractivity contribution in [2.24, 2.45) is 0 Å². The number of hydrogen-bond acceptors (Lipinski definition) is 4. The number of carboxylic acid groups (broad SMARTS) is 1. The number of aliphatic carboxylic acids is 1. The van der Waals surface area contributed by atoms with Gasteiger partial charge in [0.1, 0.15) is 19.1 Å². The molecule has 19 heavy (non-hydrogen) atoms. The van der Waals surface area contributed by atoms with E-state index in [1.807, 2.05) is 0 Å². The van der Waals surface area contributed by atoms with Gasteiger partial charge in [-0.1, -0.05) is 0 Å². The molecule has 1 N–H and O–H groups in total. The van der Waals surface area contributed by atoms with E-state index in [0.29, 0.717) is 19.4 Å². The minimum Gasteiger partial charge on any atom is -0.480 e. The molecule has 104 valence electrons. The standard InChI is InChI=1S/C11H15N3O5/c1-12-5-8(15)14(11(12)19)6-9(16)13-4-2-3-7(13)10(17)18/h7H,2-6H2,1H3,(H,17,18)/t7-/m0/s1. The summed E-state index contributed by atoms with van der Waals surface area (Å²) in [5, 5.41) is 8.99. The van der Waals surface area contributed by atoms with E-state index in [4.69, 9.17) is 5.11 Å². The molecule has 2 fully saturated rings. The van der Waals surface area contributed by atoms with Crippen molar-refractivity contribution in [3.63, 3.8) is 0 Å². The van der Waals surface area contributed by atoms with Crippen molar-refractivity contribution in [2.45, 2.75) is 18.9 Å². The first kappa shape index (κ1) is 13.3. The van der Waals surface area contributed by atoms with Crippen LogP contribution >= 0.6 is 0 Å². The van der Waals surface area contributed by atoms with Gasteiger partial charge < -0.3 is 14.9 Å². The molecule has 2 aliphatic heterocycles. The second kappa shape index (κ2) is 4.87. The highest BCUT2D eigenvalue weighted by atomic mass is 16.4. The van der Waals surface area contributed by atoms with E-state index in [2.05, 4.69) is 0 Å². The SMILES string of the molecule is CN1CC(=O)N(CC(=O)N2CCC[C@H]2C(=O)O)C1=O. The van der Waals surface area contributed by atoms with Crippen LogP contribution in [0.2, 0.25) is 0 Å². The van der Waals surface area contributed by atoms with Crippen molar-refractivity contribution in [3.8, 4) is 0 Å². The number of likely N-dealkylation sites (tertiary alicyclic amines) is 1. The molecule has 2 rings (SSSR count). The maximum Gasteiger partial charge on any atom is 0.327 e. The van der Waals surface area contributed by atoms with Crippen LogP contribution < -0.4 is 0 Å². The van der Waals surface area contributed by atoms with E-state index >= 15 is 0 Å². The third kappa shape index (κ3) is 2.38. The highest BCUT2D eigenvalue weighted by molar-refractivity contribution is 6.04. The first-order chi connectivity index (χ1) is 8.91. The minimum absolute atomic E-state index is 0.0472. The first-order valence-electron chi connectivity index (χ1n) is 5.99. The molecule has 0 spiro atoms. The molecular formula is C11H15N3O5. The molecule has 0 aromatic rings. The summed E-state index contributed by atoms with van der Waals surface area (Å²) in [5.41, 5.74) is 0. The largest absolute Gasteiger partial charge is 0.480 e. The molecule has 8 nitrogen and oxygen atoms in total. The number of urea groups is 1. The van der Waals surface area contributed by atoms with E-state index in [0.717, 1.165) is 4.90 Å². The summed E-state index contributed by atoms with van der Waals surface area (Å²) >= 11 is 0. The molecule has 0 bridgehead atoms. The molecule has 0 aromatic carbocycles. The Kier molecular flexibility index (Phi) is 3.41. The Bertz CT molecular complexity index is 450. The maximum atomic E-state index is 12.0. The Morgan fingerprint density at radius 1 is 1.37 bits per heavy atom. The maximum absolute atomic E-state index is 12.0. The predicted octanol–water partition coefficient (Wildman–Crippen LogP) is -1.04. The summed E-state index contributed by atoms with van der Waals surface area (Å²) in [6.07, 6.45) is 1.02. The fourth-order valence-electron chi connectivity index (χ4n) is 2.37. The average molecular weight is 269 g/mol. The third-order valence-electron chi connectivity index (χ3n) is 3.38. The molecule has 0 unspecified atom stereocenters. The van der Waals surface area contributed by atoms with E-state index in [-0.39, 0.29) is 13.1 Å².